The largest absolute Gasteiger partial charge is 0.385 e. The molecule has 1 rings (SSSR count). The highest BCUT2D eigenvalue weighted by molar-refractivity contribution is 6.18. The first-order chi connectivity index (χ1) is 5.72. The van der Waals surface area contributed by atoms with Crippen molar-refractivity contribution in [3.8, 4) is 0 Å². The van der Waals surface area contributed by atoms with Gasteiger partial charge in [0.25, 0.3) is 0 Å². The van der Waals surface area contributed by atoms with Gasteiger partial charge in [0.15, 0.2) is 0 Å². The van der Waals surface area contributed by atoms with E-state index in [1.54, 1.807) is 7.11 Å². The Morgan fingerprint density at radius 3 is 2.83 bits per heavy atom. The molecule has 0 N–H and O–H groups in total. The first-order valence-corrected chi connectivity index (χ1v) is 4.95. The smallest absolute Gasteiger partial charge is 0.0842 e. The summed E-state index contributed by atoms with van der Waals surface area (Å²) in [4.78, 5) is 0. The van der Waals surface area contributed by atoms with Gasteiger partial charge >= 0.3 is 0 Å². The minimum Gasteiger partial charge on any atom is -0.385 e. The summed E-state index contributed by atoms with van der Waals surface area (Å²) in [6.45, 7) is 3.77. The zero-order valence-electron chi connectivity index (χ0n) is 7.81. The van der Waals surface area contributed by atoms with Crippen molar-refractivity contribution in [2.24, 2.45) is 5.92 Å². The lowest BCUT2D eigenvalue weighted by Crippen LogP contribution is -2.31. The van der Waals surface area contributed by atoms with Gasteiger partial charge in [0, 0.05) is 20.1 Å². The molecule has 1 fully saturated rings. The lowest BCUT2D eigenvalue weighted by Gasteiger charge is -2.25. The van der Waals surface area contributed by atoms with Crippen LogP contribution in [0.1, 0.15) is 19.8 Å². The standard InChI is InChI=1S/C9H17ClO2/c1-8-5-9(7-10,12-6-8)3-4-11-2/h8H,3-7H2,1-2H3. The fourth-order valence-electron chi connectivity index (χ4n) is 1.69. The third-order valence-electron chi connectivity index (χ3n) is 2.40. The van der Waals surface area contributed by atoms with E-state index in [-0.39, 0.29) is 5.60 Å². The second-order valence-electron chi connectivity index (χ2n) is 3.68. The van der Waals surface area contributed by atoms with E-state index in [0.717, 1.165) is 26.1 Å². The molecule has 0 radical (unpaired) electrons. The van der Waals surface area contributed by atoms with Crippen LogP contribution in [0.5, 0.6) is 0 Å². The summed E-state index contributed by atoms with van der Waals surface area (Å²) >= 11 is 5.89. The zero-order chi connectivity index (χ0) is 9.03. The van der Waals surface area contributed by atoms with Crippen molar-refractivity contribution >= 4 is 11.6 Å². The Bertz CT molecular complexity index is 140. The van der Waals surface area contributed by atoms with Crippen LogP contribution in [0, 0.1) is 5.92 Å². The number of hydrogen-bond acceptors (Lipinski definition) is 2. The molecule has 0 saturated carbocycles. The van der Waals surface area contributed by atoms with Gasteiger partial charge in [0.1, 0.15) is 0 Å². The van der Waals surface area contributed by atoms with E-state index in [4.69, 9.17) is 21.1 Å². The van der Waals surface area contributed by atoms with E-state index in [1.807, 2.05) is 0 Å². The van der Waals surface area contributed by atoms with Crippen LogP contribution in [0.2, 0.25) is 0 Å². The van der Waals surface area contributed by atoms with Crippen molar-refractivity contribution in [2.75, 3.05) is 26.2 Å². The van der Waals surface area contributed by atoms with Crippen LogP contribution < -0.4 is 0 Å². The number of hydrogen-bond donors (Lipinski definition) is 0. The average molecular weight is 193 g/mol. The molecule has 2 atom stereocenters. The second-order valence-corrected chi connectivity index (χ2v) is 3.95. The van der Waals surface area contributed by atoms with Gasteiger partial charge < -0.3 is 9.47 Å². The Morgan fingerprint density at radius 1 is 1.67 bits per heavy atom. The van der Waals surface area contributed by atoms with E-state index in [0.29, 0.717) is 11.8 Å². The van der Waals surface area contributed by atoms with Gasteiger partial charge in [-0.25, -0.2) is 0 Å². The monoisotopic (exact) mass is 192 g/mol. The van der Waals surface area contributed by atoms with Gasteiger partial charge in [-0.1, -0.05) is 6.92 Å². The number of alkyl halides is 1. The van der Waals surface area contributed by atoms with Gasteiger partial charge in [0.2, 0.25) is 0 Å². The lowest BCUT2D eigenvalue weighted by molar-refractivity contribution is -0.00234. The summed E-state index contributed by atoms with van der Waals surface area (Å²) in [7, 11) is 1.71. The fraction of sp³-hybridized carbons (Fsp3) is 1.00. The van der Waals surface area contributed by atoms with E-state index < -0.39 is 0 Å². The summed E-state index contributed by atoms with van der Waals surface area (Å²) in [5.74, 6) is 1.22. The molecule has 0 aromatic carbocycles. The molecule has 0 aromatic heterocycles. The highest BCUT2D eigenvalue weighted by atomic mass is 35.5. The molecule has 0 amide bonds. The predicted octanol–water partition coefficient (Wildman–Crippen LogP) is 2.06. The highest BCUT2D eigenvalue weighted by Gasteiger charge is 2.37. The molecule has 72 valence electrons. The van der Waals surface area contributed by atoms with Gasteiger partial charge in [-0.05, 0) is 12.3 Å². The van der Waals surface area contributed by atoms with Crippen molar-refractivity contribution in [3.05, 3.63) is 0 Å². The molecule has 0 aromatic rings. The van der Waals surface area contributed by atoms with Crippen molar-refractivity contribution < 1.29 is 9.47 Å². The Kier molecular flexibility index (Phi) is 3.81. The number of rotatable bonds is 4. The number of methoxy groups -OCH3 is 1. The molecule has 0 spiro atoms. The summed E-state index contributed by atoms with van der Waals surface area (Å²) in [6, 6.07) is 0. The number of ether oxygens (including phenoxy) is 2. The van der Waals surface area contributed by atoms with Gasteiger partial charge in [0.05, 0.1) is 18.1 Å². The van der Waals surface area contributed by atoms with Crippen molar-refractivity contribution in [1.82, 2.24) is 0 Å². The third kappa shape index (κ3) is 2.35. The van der Waals surface area contributed by atoms with Gasteiger partial charge in [-0.3, -0.25) is 0 Å². The second kappa shape index (κ2) is 4.45. The molecule has 12 heavy (non-hydrogen) atoms. The van der Waals surface area contributed by atoms with Gasteiger partial charge in [-0.15, -0.1) is 11.6 Å². The maximum atomic E-state index is 5.89. The van der Waals surface area contributed by atoms with Gasteiger partial charge in [-0.2, -0.15) is 0 Å². The van der Waals surface area contributed by atoms with E-state index in [1.165, 1.54) is 0 Å². The molecule has 1 saturated heterocycles. The molecule has 1 heterocycles. The Morgan fingerprint density at radius 2 is 2.42 bits per heavy atom. The topological polar surface area (TPSA) is 18.5 Å². The fourth-order valence-corrected chi connectivity index (χ4v) is 2.01. The molecule has 1 aliphatic heterocycles. The van der Waals surface area contributed by atoms with Crippen LogP contribution in [0.15, 0.2) is 0 Å². The minimum atomic E-state index is -0.100. The first-order valence-electron chi connectivity index (χ1n) is 4.41. The Balaban J connectivity index is 2.41. The number of halogens is 1. The summed E-state index contributed by atoms with van der Waals surface area (Å²) in [5, 5.41) is 0. The van der Waals surface area contributed by atoms with Crippen LogP contribution in [-0.4, -0.2) is 31.8 Å². The maximum Gasteiger partial charge on any atom is 0.0842 e. The van der Waals surface area contributed by atoms with E-state index in [2.05, 4.69) is 6.92 Å². The van der Waals surface area contributed by atoms with E-state index >= 15 is 0 Å². The summed E-state index contributed by atoms with van der Waals surface area (Å²) < 4.78 is 10.7. The normalized spacial score (nSPS) is 35.8. The third-order valence-corrected chi connectivity index (χ3v) is 2.89. The molecular formula is C9H17ClO2. The van der Waals surface area contributed by atoms with Crippen LogP contribution >= 0.6 is 11.6 Å². The molecule has 2 nitrogen and oxygen atoms in total. The molecule has 3 heteroatoms. The van der Waals surface area contributed by atoms with Crippen molar-refractivity contribution in [3.63, 3.8) is 0 Å². The summed E-state index contributed by atoms with van der Waals surface area (Å²) in [5.41, 5.74) is -0.100. The van der Waals surface area contributed by atoms with Crippen LogP contribution in [-0.2, 0) is 9.47 Å². The van der Waals surface area contributed by atoms with Crippen LogP contribution in [0.3, 0.4) is 0 Å². The van der Waals surface area contributed by atoms with Crippen LogP contribution in [0.25, 0.3) is 0 Å². The van der Waals surface area contributed by atoms with Crippen molar-refractivity contribution in [1.29, 1.82) is 0 Å². The molecular weight excluding hydrogens is 176 g/mol. The van der Waals surface area contributed by atoms with Crippen LogP contribution in [0.4, 0.5) is 0 Å². The minimum absolute atomic E-state index is 0.100. The molecule has 2 unspecified atom stereocenters. The predicted molar refractivity (Wildman–Crippen MR) is 49.7 cm³/mol. The summed E-state index contributed by atoms with van der Waals surface area (Å²) in [6.07, 6.45) is 1.98. The van der Waals surface area contributed by atoms with Crippen molar-refractivity contribution in [2.45, 2.75) is 25.4 Å². The highest BCUT2D eigenvalue weighted by Crippen LogP contribution is 2.33. The first kappa shape index (κ1) is 10.3. The molecule has 1 aliphatic rings. The maximum absolute atomic E-state index is 5.89. The van der Waals surface area contributed by atoms with E-state index in [9.17, 15) is 0 Å². The molecule has 0 bridgehead atoms. The average Bonchev–Trinajstić information content (AvgIpc) is 2.45. The Hall–Kier alpha value is 0.210. The Labute approximate surface area is 79.2 Å². The zero-order valence-corrected chi connectivity index (χ0v) is 8.56. The quantitative estimate of drug-likeness (QED) is 0.635. The SMILES string of the molecule is COCCC1(CCl)CC(C)CO1. The molecule has 0 aliphatic carbocycles. The lowest BCUT2D eigenvalue weighted by atomic mass is 9.94.